The highest BCUT2D eigenvalue weighted by atomic mass is 16.5. The van der Waals surface area contributed by atoms with Gasteiger partial charge in [0.25, 0.3) is 0 Å². The average molecular weight is 538 g/mol. The van der Waals surface area contributed by atoms with Crippen LogP contribution in [0.15, 0.2) is 50.8 Å². The third kappa shape index (κ3) is 4.46. The molecule has 2 aromatic rings. The van der Waals surface area contributed by atoms with Gasteiger partial charge in [-0.05, 0) is 110 Å². The van der Waals surface area contributed by atoms with E-state index in [-0.39, 0.29) is 6.04 Å². The van der Waals surface area contributed by atoms with Crippen LogP contribution in [-0.2, 0) is 6.42 Å². The molecule has 1 aromatic carbocycles. The van der Waals surface area contributed by atoms with Crippen LogP contribution in [0, 0.1) is 13.8 Å². The lowest BCUT2D eigenvalue weighted by Gasteiger charge is -2.17. The van der Waals surface area contributed by atoms with E-state index in [0.717, 1.165) is 81.7 Å². The van der Waals surface area contributed by atoms with Gasteiger partial charge in [-0.3, -0.25) is 0 Å². The van der Waals surface area contributed by atoms with Crippen molar-refractivity contribution in [2.75, 3.05) is 14.2 Å². The fraction of sp³-hybridized carbons (Fsp3) is 0.400. The Morgan fingerprint density at radius 2 is 1.45 bits per heavy atom. The van der Waals surface area contributed by atoms with E-state index in [9.17, 15) is 0 Å². The zero-order valence-electron chi connectivity index (χ0n) is 25.6. The molecule has 0 saturated heterocycles. The van der Waals surface area contributed by atoms with Crippen LogP contribution in [0.1, 0.15) is 81.7 Å². The maximum absolute atomic E-state index is 5.95. The van der Waals surface area contributed by atoms with Crippen molar-refractivity contribution in [1.82, 2.24) is 10.3 Å². The molecule has 3 aliphatic rings. The highest BCUT2D eigenvalue weighted by Crippen LogP contribution is 2.39. The van der Waals surface area contributed by atoms with Crippen LogP contribution in [0.25, 0.3) is 18.2 Å². The van der Waals surface area contributed by atoms with Crippen molar-refractivity contribution in [3.05, 3.63) is 84.3 Å². The lowest BCUT2D eigenvalue weighted by atomic mass is 9.96. The maximum Gasteiger partial charge on any atom is 0.132 e. The molecule has 2 N–H and O–H groups in total. The number of nitrogens with zero attached hydrogens (tertiary/aromatic N) is 1. The molecule has 3 aliphatic heterocycles. The number of hydrogen-bond acceptors (Lipinski definition) is 4. The van der Waals surface area contributed by atoms with Crippen molar-refractivity contribution >= 4 is 23.9 Å². The van der Waals surface area contributed by atoms with E-state index in [2.05, 4.69) is 89.1 Å². The van der Waals surface area contributed by atoms with Crippen molar-refractivity contribution < 1.29 is 9.47 Å². The SMILES string of the molecule is CCC1=C(CC)/C2=C/C3N/C(=C\c4cc(c(OC)c(C)c4OC)/C=c4\[nH]/c(c(CC)c4C)=C\C1=N2)C(C)=C3CC. The molecule has 0 spiro atoms. The second kappa shape index (κ2) is 11.0. The lowest BCUT2D eigenvalue weighted by molar-refractivity contribution is 0.387. The molecular formula is C35H43N3O2. The smallest absolute Gasteiger partial charge is 0.132 e. The summed E-state index contributed by atoms with van der Waals surface area (Å²) in [7, 11) is 3.47. The van der Waals surface area contributed by atoms with Crippen LogP contribution >= 0.6 is 0 Å². The van der Waals surface area contributed by atoms with Gasteiger partial charge in [0.2, 0.25) is 0 Å². The minimum Gasteiger partial charge on any atom is -0.496 e. The quantitative estimate of drug-likeness (QED) is 0.453. The molecule has 4 heterocycles. The number of rotatable bonds is 6. The van der Waals surface area contributed by atoms with Crippen LogP contribution in [0.4, 0.5) is 0 Å². The summed E-state index contributed by atoms with van der Waals surface area (Å²) in [4.78, 5) is 9.00. The number of aliphatic imine (C=N–C) groups is 1. The summed E-state index contributed by atoms with van der Waals surface area (Å²) in [6.45, 7) is 15.5. The zero-order chi connectivity index (χ0) is 28.7. The minimum atomic E-state index is 0.101. The Morgan fingerprint density at radius 3 is 2.05 bits per heavy atom. The van der Waals surface area contributed by atoms with Gasteiger partial charge >= 0.3 is 0 Å². The fourth-order valence-electron chi connectivity index (χ4n) is 6.77. The zero-order valence-corrected chi connectivity index (χ0v) is 25.6. The van der Waals surface area contributed by atoms with Gasteiger partial charge in [-0.15, -0.1) is 0 Å². The van der Waals surface area contributed by atoms with Crippen molar-refractivity contribution in [3.8, 4) is 11.5 Å². The maximum atomic E-state index is 5.95. The Morgan fingerprint density at radius 1 is 0.775 bits per heavy atom. The minimum absolute atomic E-state index is 0.101. The molecule has 0 saturated carbocycles. The Labute approximate surface area is 238 Å². The van der Waals surface area contributed by atoms with Gasteiger partial charge in [-0.1, -0.05) is 27.7 Å². The first kappa shape index (κ1) is 27.8. The number of nitrogens with one attached hydrogen (secondary N) is 2. The van der Waals surface area contributed by atoms with Gasteiger partial charge in [-0.25, -0.2) is 4.99 Å². The summed E-state index contributed by atoms with van der Waals surface area (Å²) >= 11 is 0. The Bertz CT molecular complexity index is 1660. The molecule has 0 fully saturated rings. The summed E-state index contributed by atoms with van der Waals surface area (Å²) in [6, 6.07) is 2.29. The summed E-state index contributed by atoms with van der Waals surface area (Å²) < 4.78 is 11.9. The number of hydrogen-bond donors (Lipinski definition) is 2. The third-order valence-electron chi connectivity index (χ3n) is 8.82. The first-order chi connectivity index (χ1) is 19.3. The first-order valence-corrected chi connectivity index (χ1v) is 14.7. The van der Waals surface area contributed by atoms with E-state index in [1.807, 2.05) is 0 Å². The van der Waals surface area contributed by atoms with E-state index < -0.39 is 0 Å². The van der Waals surface area contributed by atoms with Crippen LogP contribution < -0.4 is 25.5 Å². The lowest BCUT2D eigenvalue weighted by Crippen LogP contribution is -2.22. The summed E-state index contributed by atoms with van der Waals surface area (Å²) in [6.07, 6.45) is 12.9. The van der Waals surface area contributed by atoms with E-state index in [1.54, 1.807) is 14.2 Å². The molecule has 5 heteroatoms. The van der Waals surface area contributed by atoms with Gasteiger partial charge in [0, 0.05) is 33.1 Å². The molecule has 0 aliphatic carbocycles. The molecule has 5 rings (SSSR count). The predicted octanol–water partition coefficient (Wildman–Crippen LogP) is 6.33. The number of fused-ring (bicyclic) bond motifs is 7. The molecule has 1 atom stereocenters. The number of benzene rings is 1. The van der Waals surface area contributed by atoms with E-state index in [0.29, 0.717) is 0 Å². The third-order valence-corrected chi connectivity index (χ3v) is 8.82. The highest BCUT2D eigenvalue weighted by Gasteiger charge is 2.28. The summed E-state index contributed by atoms with van der Waals surface area (Å²) in [5.41, 5.74) is 14.3. The number of H-pyrrole nitrogens is 1. The van der Waals surface area contributed by atoms with E-state index >= 15 is 0 Å². The molecule has 210 valence electrons. The Hall–Kier alpha value is -3.73. The van der Waals surface area contributed by atoms with Gasteiger partial charge < -0.3 is 19.8 Å². The van der Waals surface area contributed by atoms with Crippen LogP contribution in [0.2, 0.25) is 0 Å². The van der Waals surface area contributed by atoms with Crippen LogP contribution in [-0.4, -0.2) is 31.0 Å². The van der Waals surface area contributed by atoms with Crippen molar-refractivity contribution in [2.24, 2.45) is 4.99 Å². The molecule has 8 bridgehead atoms. The molecular weight excluding hydrogens is 494 g/mol. The molecule has 1 aromatic heterocycles. The van der Waals surface area contributed by atoms with Crippen molar-refractivity contribution in [2.45, 2.75) is 80.2 Å². The topological polar surface area (TPSA) is 58.6 Å². The fourth-order valence-corrected chi connectivity index (χ4v) is 6.77. The van der Waals surface area contributed by atoms with Crippen molar-refractivity contribution in [3.63, 3.8) is 0 Å². The van der Waals surface area contributed by atoms with Crippen molar-refractivity contribution in [1.29, 1.82) is 0 Å². The average Bonchev–Trinajstić information content (AvgIpc) is 3.53. The second-order valence-corrected chi connectivity index (χ2v) is 10.8. The molecule has 0 amide bonds. The summed E-state index contributed by atoms with van der Waals surface area (Å²) in [5.74, 6) is 1.66. The molecule has 5 nitrogen and oxygen atoms in total. The highest BCUT2D eigenvalue weighted by molar-refractivity contribution is 6.23. The van der Waals surface area contributed by atoms with Crippen LogP contribution in [0.3, 0.4) is 0 Å². The normalized spacial score (nSPS) is 22.4. The number of ether oxygens (including phenoxy) is 2. The number of aromatic amines is 1. The number of aromatic nitrogens is 1. The molecule has 40 heavy (non-hydrogen) atoms. The summed E-state index contributed by atoms with van der Waals surface area (Å²) in [5, 5.41) is 6.05. The number of allylic oxidation sites excluding steroid dienone is 3. The first-order valence-electron chi connectivity index (χ1n) is 14.7. The standard InChI is InChI=1S/C35H43N3O2/c1-10-24-19(5)28-15-22-14-23(35(40-9)21(7)34(22)39-8)16-29-20(6)25(11-2)31(37-29)18-33-27(13-4)26(12-3)32(38-33)17-30(24)36-28/h14-18,30,36-37H,10-13H2,1-9H3/b28-15-,29-16-,31-18-,32-17-. The second-order valence-electron chi connectivity index (χ2n) is 10.8. The predicted molar refractivity (Wildman–Crippen MR) is 167 cm³/mol. The largest absolute Gasteiger partial charge is 0.496 e. The van der Waals surface area contributed by atoms with E-state index in [4.69, 9.17) is 14.5 Å². The van der Waals surface area contributed by atoms with Gasteiger partial charge in [-0.2, -0.15) is 0 Å². The monoisotopic (exact) mass is 537 g/mol. The van der Waals surface area contributed by atoms with Gasteiger partial charge in [0.15, 0.2) is 0 Å². The molecule has 1 unspecified atom stereocenters. The Kier molecular flexibility index (Phi) is 7.67. The van der Waals surface area contributed by atoms with Gasteiger partial charge in [0.1, 0.15) is 11.5 Å². The number of methoxy groups -OCH3 is 2. The Balaban J connectivity index is 1.91. The van der Waals surface area contributed by atoms with Crippen LogP contribution in [0.5, 0.6) is 11.5 Å². The van der Waals surface area contributed by atoms with E-state index in [1.165, 1.54) is 33.4 Å². The molecule has 0 radical (unpaired) electrons. The van der Waals surface area contributed by atoms with Gasteiger partial charge in [0.05, 0.1) is 31.7 Å².